The first-order valence-corrected chi connectivity index (χ1v) is 6.49. The van der Waals surface area contributed by atoms with Crippen molar-refractivity contribution in [1.82, 2.24) is 4.98 Å². The minimum atomic E-state index is 0.152. The Morgan fingerprint density at radius 3 is 2.47 bits per heavy atom. The summed E-state index contributed by atoms with van der Waals surface area (Å²) in [5.41, 5.74) is 6.75. The maximum atomic E-state index is 5.73. The van der Waals surface area contributed by atoms with E-state index >= 15 is 0 Å². The maximum absolute atomic E-state index is 5.73. The van der Waals surface area contributed by atoms with Gasteiger partial charge in [-0.3, -0.25) is 4.98 Å². The lowest BCUT2D eigenvalue weighted by molar-refractivity contribution is 0.240. The highest BCUT2D eigenvalue weighted by Crippen LogP contribution is 2.14. The molecule has 3 nitrogen and oxygen atoms in total. The molecule has 0 amide bonds. The summed E-state index contributed by atoms with van der Waals surface area (Å²) in [4.78, 5) is 4.34. The van der Waals surface area contributed by atoms with E-state index in [0.717, 1.165) is 37.3 Å². The highest BCUT2D eigenvalue weighted by Gasteiger charge is 2.05. The Hall–Kier alpha value is -1.09. The first kappa shape index (κ1) is 14.0. The van der Waals surface area contributed by atoms with E-state index in [1.165, 1.54) is 0 Å². The molecule has 96 valence electrons. The van der Waals surface area contributed by atoms with E-state index in [1.807, 2.05) is 19.1 Å². The van der Waals surface area contributed by atoms with Gasteiger partial charge in [-0.1, -0.05) is 26.7 Å². The van der Waals surface area contributed by atoms with Crippen molar-refractivity contribution in [3.63, 3.8) is 0 Å². The largest absolute Gasteiger partial charge is 0.492 e. The number of hydrogen-bond acceptors (Lipinski definition) is 3. The number of nitrogens with zero attached hydrogens (tertiary/aromatic N) is 1. The van der Waals surface area contributed by atoms with E-state index in [1.54, 1.807) is 6.20 Å². The lowest BCUT2D eigenvalue weighted by Crippen LogP contribution is -2.18. The van der Waals surface area contributed by atoms with Crippen molar-refractivity contribution in [1.29, 1.82) is 0 Å². The van der Waals surface area contributed by atoms with Crippen molar-refractivity contribution in [3.05, 3.63) is 24.0 Å². The van der Waals surface area contributed by atoms with Crippen molar-refractivity contribution in [2.45, 2.75) is 46.1 Å². The van der Waals surface area contributed by atoms with Gasteiger partial charge in [0.25, 0.3) is 0 Å². The number of pyridine rings is 1. The van der Waals surface area contributed by atoms with Gasteiger partial charge in [0.2, 0.25) is 0 Å². The zero-order valence-corrected chi connectivity index (χ0v) is 11.1. The molecule has 17 heavy (non-hydrogen) atoms. The molecule has 0 aliphatic carbocycles. The van der Waals surface area contributed by atoms with Crippen LogP contribution in [0.4, 0.5) is 0 Å². The second kappa shape index (κ2) is 7.28. The smallest absolute Gasteiger partial charge is 0.137 e. The fraction of sp³-hybridized carbons (Fsp3) is 0.643. The van der Waals surface area contributed by atoms with E-state index in [0.29, 0.717) is 5.92 Å². The molecule has 1 heterocycles. The average molecular weight is 236 g/mol. The van der Waals surface area contributed by atoms with Crippen molar-refractivity contribution in [2.24, 2.45) is 11.7 Å². The molecule has 1 aromatic heterocycles. The van der Waals surface area contributed by atoms with Gasteiger partial charge in [-0.15, -0.1) is 0 Å². The van der Waals surface area contributed by atoms with E-state index < -0.39 is 0 Å². The molecule has 1 rings (SSSR count). The van der Waals surface area contributed by atoms with Gasteiger partial charge < -0.3 is 10.5 Å². The molecule has 0 saturated carbocycles. The molecule has 1 unspecified atom stereocenters. The summed E-state index contributed by atoms with van der Waals surface area (Å²) in [6.45, 7) is 7.16. The van der Waals surface area contributed by atoms with Crippen molar-refractivity contribution in [3.8, 4) is 5.75 Å². The summed E-state index contributed by atoms with van der Waals surface area (Å²) in [6.07, 6.45) is 4.92. The molecule has 0 aromatic carbocycles. The summed E-state index contributed by atoms with van der Waals surface area (Å²) in [6, 6.07) is 4.12. The molecule has 3 heteroatoms. The summed E-state index contributed by atoms with van der Waals surface area (Å²) in [7, 11) is 0. The molecule has 0 saturated heterocycles. The van der Waals surface area contributed by atoms with Crippen molar-refractivity contribution in [2.75, 3.05) is 6.61 Å². The Morgan fingerprint density at radius 2 is 2.00 bits per heavy atom. The summed E-state index contributed by atoms with van der Waals surface area (Å²) < 4.78 is 5.72. The van der Waals surface area contributed by atoms with Gasteiger partial charge >= 0.3 is 0 Å². The van der Waals surface area contributed by atoms with Crippen LogP contribution in [0.15, 0.2) is 18.3 Å². The molecule has 0 aliphatic heterocycles. The molecule has 1 aromatic rings. The van der Waals surface area contributed by atoms with Crippen LogP contribution in [0.5, 0.6) is 5.75 Å². The van der Waals surface area contributed by atoms with Crippen LogP contribution in [-0.4, -0.2) is 17.6 Å². The highest BCUT2D eigenvalue weighted by atomic mass is 16.5. The number of hydrogen-bond donors (Lipinski definition) is 1. The zero-order chi connectivity index (χ0) is 12.7. The third kappa shape index (κ3) is 5.18. The van der Waals surface area contributed by atoms with Crippen LogP contribution in [0.2, 0.25) is 0 Å². The lowest BCUT2D eigenvalue weighted by atomic mass is 10.1. The van der Waals surface area contributed by atoms with Gasteiger partial charge in [-0.25, -0.2) is 0 Å². The van der Waals surface area contributed by atoms with Gasteiger partial charge in [0.05, 0.1) is 12.8 Å². The Kier molecular flexibility index (Phi) is 5.98. The van der Waals surface area contributed by atoms with Crippen LogP contribution < -0.4 is 10.5 Å². The number of aromatic nitrogens is 1. The number of nitrogens with two attached hydrogens (primary N) is 1. The van der Waals surface area contributed by atoms with Crippen molar-refractivity contribution < 1.29 is 4.74 Å². The molecular weight excluding hydrogens is 212 g/mol. The third-order valence-corrected chi connectivity index (χ3v) is 2.97. The van der Waals surface area contributed by atoms with Crippen LogP contribution in [0.3, 0.4) is 0 Å². The molecular formula is C14H24N2O. The van der Waals surface area contributed by atoms with Crippen LogP contribution in [0, 0.1) is 5.92 Å². The second-order valence-corrected chi connectivity index (χ2v) is 4.66. The Labute approximate surface area is 104 Å². The standard InChI is InChI=1S/C14H24N2O/c1-4-12(5-2)10-17-14-7-6-13(16-9-14)8-11(3)15/h6-7,9,11-12H,4-5,8,10,15H2,1-3H3. The predicted molar refractivity (Wildman–Crippen MR) is 71.2 cm³/mol. The minimum absolute atomic E-state index is 0.152. The highest BCUT2D eigenvalue weighted by molar-refractivity contribution is 5.20. The average Bonchev–Trinajstić information content (AvgIpc) is 2.32. The van der Waals surface area contributed by atoms with Gasteiger partial charge in [-0.05, 0) is 25.0 Å². The second-order valence-electron chi connectivity index (χ2n) is 4.66. The fourth-order valence-corrected chi connectivity index (χ4v) is 1.69. The Morgan fingerprint density at radius 1 is 1.29 bits per heavy atom. The molecule has 0 aliphatic rings. The van der Waals surface area contributed by atoms with Gasteiger partial charge in [-0.2, -0.15) is 0 Å². The molecule has 0 bridgehead atoms. The summed E-state index contributed by atoms with van der Waals surface area (Å²) in [5, 5.41) is 0. The predicted octanol–water partition coefficient (Wildman–Crippen LogP) is 2.79. The topological polar surface area (TPSA) is 48.1 Å². The normalized spacial score (nSPS) is 12.8. The number of ether oxygens (including phenoxy) is 1. The number of rotatable bonds is 7. The van der Waals surface area contributed by atoms with E-state index in [-0.39, 0.29) is 6.04 Å². The zero-order valence-electron chi connectivity index (χ0n) is 11.1. The third-order valence-electron chi connectivity index (χ3n) is 2.97. The monoisotopic (exact) mass is 236 g/mol. The Bertz CT molecular complexity index is 305. The van der Waals surface area contributed by atoms with Gasteiger partial charge in [0, 0.05) is 18.2 Å². The quantitative estimate of drug-likeness (QED) is 0.792. The van der Waals surface area contributed by atoms with Crippen LogP contribution in [0.1, 0.15) is 39.3 Å². The van der Waals surface area contributed by atoms with Crippen LogP contribution in [-0.2, 0) is 6.42 Å². The van der Waals surface area contributed by atoms with E-state index in [9.17, 15) is 0 Å². The molecule has 1 atom stereocenters. The fourth-order valence-electron chi connectivity index (χ4n) is 1.69. The summed E-state index contributed by atoms with van der Waals surface area (Å²) in [5.74, 6) is 1.49. The first-order valence-electron chi connectivity index (χ1n) is 6.49. The lowest BCUT2D eigenvalue weighted by Gasteiger charge is -2.13. The molecule has 0 radical (unpaired) electrons. The van der Waals surface area contributed by atoms with E-state index in [2.05, 4.69) is 18.8 Å². The minimum Gasteiger partial charge on any atom is -0.492 e. The molecule has 2 N–H and O–H groups in total. The van der Waals surface area contributed by atoms with Crippen LogP contribution >= 0.6 is 0 Å². The Balaban J connectivity index is 2.45. The summed E-state index contributed by atoms with van der Waals surface area (Å²) >= 11 is 0. The van der Waals surface area contributed by atoms with Gasteiger partial charge in [0.1, 0.15) is 5.75 Å². The van der Waals surface area contributed by atoms with E-state index in [4.69, 9.17) is 10.5 Å². The van der Waals surface area contributed by atoms with Gasteiger partial charge in [0.15, 0.2) is 0 Å². The maximum Gasteiger partial charge on any atom is 0.137 e. The first-order chi connectivity index (χ1) is 8.15. The van der Waals surface area contributed by atoms with Crippen LogP contribution in [0.25, 0.3) is 0 Å². The van der Waals surface area contributed by atoms with Crippen molar-refractivity contribution >= 4 is 0 Å². The molecule has 0 spiro atoms. The SMILES string of the molecule is CCC(CC)COc1ccc(CC(C)N)nc1. The molecule has 0 fully saturated rings.